The summed E-state index contributed by atoms with van der Waals surface area (Å²) in [6.45, 7) is 3.06. The van der Waals surface area contributed by atoms with Gasteiger partial charge in [-0.2, -0.15) is 0 Å². The first-order chi connectivity index (χ1) is 9.95. The first-order valence-electron chi connectivity index (χ1n) is 6.83. The van der Waals surface area contributed by atoms with E-state index < -0.39 is 17.7 Å². The fraction of sp³-hybridized carbons (Fsp3) is 0.294. The molecule has 0 saturated heterocycles. The third-order valence-electron chi connectivity index (χ3n) is 3.35. The molecular weight excluding hydrogens is 272 g/mol. The standard InChI is InChI=1S/C17H19F2NO/c1-12-4-3-5-13(8-12)10-20(2)11-17(21)14-6-7-15(18)16(19)9-14/h3-9,17,21H,10-11H2,1-2H3. The van der Waals surface area contributed by atoms with Crippen molar-refractivity contribution in [3.63, 3.8) is 0 Å². The van der Waals surface area contributed by atoms with E-state index in [0.29, 0.717) is 18.7 Å². The molecule has 0 aliphatic carbocycles. The van der Waals surface area contributed by atoms with Crippen LogP contribution in [0.2, 0.25) is 0 Å². The fourth-order valence-corrected chi connectivity index (χ4v) is 2.31. The van der Waals surface area contributed by atoms with E-state index in [2.05, 4.69) is 6.07 Å². The highest BCUT2D eigenvalue weighted by Gasteiger charge is 2.13. The molecule has 2 aromatic carbocycles. The molecule has 0 bridgehead atoms. The number of aliphatic hydroxyl groups excluding tert-OH is 1. The van der Waals surface area contributed by atoms with Crippen molar-refractivity contribution < 1.29 is 13.9 Å². The van der Waals surface area contributed by atoms with Crippen LogP contribution in [0, 0.1) is 18.6 Å². The molecule has 0 saturated carbocycles. The van der Waals surface area contributed by atoms with Gasteiger partial charge in [-0.05, 0) is 37.2 Å². The molecule has 2 nitrogen and oxygen atoms in total. The summed E-state index contributed by atoms with van der Waals surface area (Å²) in [4.78, 5) is 1.95. The molecular formula is C17H19F2NO. The second kappa shape index (κ2) is 6.78. The van der Waals surface area contributed by atoms with Crippen molar-refractivity contribution in [2.45, 2.75) is 19.6 Å². The summed E-state index contributed by atoms with van der Waals surface area (Å²) < 4.78 is 26.1. The predicted octanol–water partition coefficient (Wildman–Crippen LogP) is 3.44. The molecule has 0 aromatic heterocycles. The summed E-state index contributed by atoms with van der Waals surface area (Å²) in [5.41, 5.74) is 2.71. The molecule has 0 radical (unpaired) electrons. The van der Waals surface area contributed by atoms with Gasteiger partial charge in [0.15, 0.2) is 11.6 Å². The molecule has 112 valence electrons. The molecule has 0 fully saturated rings. The Morgan fingerprint density at radius 3 is 2.52 bits per heavy atom. The SMILES string of the molecule is Cc1cccc(CN(C)CC(O)c2ccc(F)c(F)c2)c1. The lowest BCUT2D eigenvalue weighted by atomic mass is 10.1. The number of likely N-dealkylation sites (N-methyl/N-ethyl adjacent to an activating group) is 1. The Morgan fingerprint density at radius 1 is 1.10 bits per heavy atom. The van der Waals surface area contributed by atoms with Gasteiger partial charge in [0.1, 0.15) is 0 Å². The molecule has 4 heteroatoms. The normalized spacial score (nSPS) is 12.7. The summed E-state index contributed by atoms with van der Waals surface area (Å²) in [5.74, 6) is -1.84. The number of hydrogen-bond acceptors (Lipinski definition) is 2. The van der Waals surface area contributed by atoms with Gasteiger partial charge >= 0.3 is 0 Å². The van der Waals surface area contributed by atoms with Crippen LogP contribution >= 0.6 is 0 Å². The fourth-order valence-electron chi connectivity index (χ4n) is 2.31. The van der Waals surface area contributed by atoms with Crippen molar-refractivity contribution in [2.24, 2.45) is 0 Å². The monoisotopic (exact) mass is 291 g/mol. The number of halogens is 2. The van der Waals surface area contributed by atoms with Crippen LogP contribution in [0.25, 0.3) is 0 Å². The zero-order chi connectivity index (χ0) is 15.4. The maximum atomic E-state index is 13.2. The smallest absolute Gasteiger partial charge is 0.159 e. The maximum absolute atomic E-state index is 13.2. The zero-order valence-corrected chi connectivity index (χ0v) is 12.2. The summed E-state index contributed by atoms with van der Waals surface area (Å²) in [6, 6.07) is 11.6. The van der Waals surface area contributed by atoms with Gasteiger partial charge in [0.2, 0.25) is 0 Å². The van der Waals surface area contributed by atoms with Crippen molar-refractivity contribution in [3.05, 3.63) is 70.8 Å². The van der Waals surface area contributed by atoms with Crippen LogP contribution < -0.4 is 0 Å². The summed E-state index contributed by atoms with van der Waals surface area (Å²) >= 11 is 0. The molecule has 1 atom stereocenters. The van der Waals surface area contributed by atoms with Crippen LogP contribution in [-0.4, -0.2) is 23.6 Å². The number of aryl methyl sites for hydroxylation is 1. The van der Waals surface area contributed by atoms with Gasteiger partial charge in [-0.3, -0.25) is 4.90 Å². The molecule has 2 aromatic rings. The molecule has 0 aliphatic rings. The van der Waals surface area contributed by atoms with Gasteiger partial charge in [-0.15, -0.1) is 0 Å². The highest BCUT2D eigenvalue weighted by atomic mass is 19.2. The number of hydrogen-bond donors (Lipinski definition) is 1. The molecule has 2 rings (SSSR count). The molecule has 0 aliphatic heterocycles. The Bertz CT molecular complexity index is 615. The van der Waals surface area contributed by atoms with Crippen LogP contribution in [0.5, 0.6) is 0 Å². The van der Waals surface area contributed by atoms with Crippen LogP contribution in [-0.2, 0) is 6.54 Å². The molecule has 21 heavy (non-hydrogen) atoms. The number of aliphatic hydroxyl groups is 1. The largest absolute Gasteiger partial charge is 0.387 e. The lowest BCUT2D eigenvalue weighted by Gasteiger charge is -2.21. The van der Waals surface area contributed by atoms with Crippen LogP contribution in [0.1, 0.15) is 22.8 Å². The Balaban J connectivity index is 1.98. The van der Waals surface area contributed by atoms with Crippen molar-refractivity contribution in [1.29, 1.82) is 0 Å². The minimum Gasteiger partial charge on any atom is -0.387 e. The summed E-state index contributed by atoms with van der Waals surface area (Å²) in [6.07, 6.45) is -0.852. The topological polar surface area (TPSA) is 23.5 Å². The average molecular weight is 291 g/mol. The number of benzene rings is 2. The zero-order valence-electron chi connectivity index (χ0n) is 12.2. The second-order valence-corrected chi connectivity index (χ2v) is 5.38. The van der Waals surface area contributed by atoms with E-state index >= 15 is 0 Å². The van der Waals surface area contributed by atoms with Crippen molar-refractivity contribution in [3.8, 4) is 0 Å². The Hall–Kier alpha value is -1.78. The van der Waals surface area contributed by atoms with Gasteiger partial charge < -0.3 is 5.11 Å². The molecule has 0 spiro atoms. The Kier molecular flexibility index (Phi) is 5.04. The van der Waals surface area contributed by atoms with Gasteiger partial charge in [0.05, 0.1) is 6.10 Å². The Morgan fingerprint density at radius 2 is 1.86 bits per heavy atom. The van der Waals surface area contributed by atoms with E-state index in [-0.39, 0.29) is 0 Å². The van der Waals surface area contributed by atoms with Gasteiger partial charge in [0, 0.05) is 13.1 Å². The third-order valence-corrected chi connectivity index (χ3v) is 3.35. The lowest BCUT2D eigenvalue weighted by molar-refractivity contribution is 0.123. The van der Waals surface area contributed by atoms with E-state index in [9.17, 15) is 13.9 Å². The van der Waals surface area contributed by atoms with Gasteiger partial charge in [0.25, 0.3) is 0 Å². The minimum atomic E-state index is -0.937. The number of nitrogens with zero attached hydrogens (tertiary/aromatic N) is 1. The van der Waals surface area contributed by atoms with E-state index in [1.165, 1.54) is 11.6 Å². The van der Waals surface area contributed by atoms with E-state index in [1.807, 2.05) is 37.1 Å². The molecule has 1 unspecified atom stereocenters. The van der Waals surface area contributed by atoms with Crippen molar-refractivity contribution >= 4 is 0 Å². The average Bonchev–Trinajstić information content (AvgIpc) is 2.41. The number of rotatable bonds is 5. The van der Waals surface area contributed by atoms with E-state index in [1.54, 1.807) is 0 Å². The highest BCUT2D eigenvalue weighted by molar-refractivity contribution is 5.23. The Labute approximate surface area is 123 Å². The van der Waals surface area contributed by atoms with Crippen LogP contribution in [0.4, 0.5) is 8.78 Å². The predicted molar refractivity (Wildman–Crippen MR) is 78.8 cm³/mol. The summed E-state index contributed by atoms with van der Waals surface area (Å²) in [5, 5.41) is 10.1. The molecule has 0 heterocycles. The van der Waals surface area contributed by atoms with Crippen LogP contribution in [0.15, 0.2) is 42.5 Å². The molecule has 1 N–H and O–H groups in total. The maximum Gasteiger partial charge on any atom is 0.159 e. The van der Waals surface area contributed by atoms with Crippen molar-refractivity contribution in [2.75, 3.05) is 13.6 Å². The summed E-state index contributed by atoms with van der Waals surface area (Å²) in [7, 11) is 1.88. The van der Waals surface area contributed by atoms with Gasteiger partial charge in [-0.1, -0.05) is 35.9 Å². The first-order valence-corrected chi connectivity index (χ1v) is 6.83. The van der Waals surface area contributed by atoms with Gasteiger partial charge in [-0.25, -0.2) is 8.78 Å². The van der Waals surface area contributed by atoms with Crippen molar-refractivity contribution in [1.82, 2.24) is 4.90 Å². The first kappa shape index (κ1) is 15.6. The minimum absolute atomic E-state index is 0.346. The van der Waals surface area contributed by atoms with E-state index in [4.69, 9.17) is 0 Å². The van der Waals surface area contributed by atoms with Crippen LogP contribution in [0.3, 0.4) is 0 Å². The second-order valence-electron chi connectivity index (χ2n) is 5.38. The van der Waals surface area contributed by atoms with E-state index in [0.717, 1.165) is 17.7 Å². The lowest BCUT2D eigenvalue weighted by Crippen LogP contribution is -2.24. The quantitative estimate of drug-likeness (QED) is 0.912. The highest BCUT2D eigenvalue weighted by Crippen LogP contribution is 2.18. The third kappa shape index (κ3) is 4.34. The molecule has 0 amide bonds.